The monoisotopic (exact) mass is 371 g/mol. The number of H-pyrrole nitrogens is 1. The number of hydrogen-bond acceptors (Lipinski definition) is 3. The minimum Gasteiger partial charge on any atom is -0.347 e. The second-order valence-electron chi connectivity index (χ2n) is 6.38. The highest BCUT2D eigenvalue weighted by atomic mass is 32.2. The van der Waals surface area contributed by atoms with Crippen molar-refractivity contribution in [3.63, 3.8) is 0 Å². The summed E-state index contributed by atoms with van der Waals surface area (Å²) >= 11 is 0. The second kappa shape index (κ2) is 7.43. The Morgan fingerprint density at radius 2 is 1.92 bits per heavy atom. The van der Waals surface area contributed by atoms with Gasteiger partial charge in [-0.1, -0.05) is 18.6 Å². The molecule has 0 bridgehead atoms. The number of fused-ring (bicyclic) bond motifs is 1. The molecule has 0 saturated carbocycles. The Morgan fingerprint density at radius 3 is 2.65 bits per heavy atom. The summed E-state index contributed by atoms with van der Waals surface area (Å²) in [5.41, 5.74) is 2.04. The molecular formula is C18H21N5O2S. The molecule has 8 heteroatoms. The van der Waals surface area contributed by atoms with Gasteiger partial charge < -0.3 is 10.4 Å². The Bertz CT molecular complexity index is 896. The third kappa shape index (κ3) is 3.56. The highest BCUT2D eigenvalue weighted by Crippen LogP contribution is 2.17. The second-order valence-corrected chi connectivity index (χ2v) is 7.87. The molecule has 1 atom stereocenters. The zero-order valence-corrected chi connectivity index (χ0v) is 15.2. The van der Waals surface area contributed by atoms with Crippen LogP contribution in [0.4, 0.5) is 0 Å². The van der Waals surface area contributed by atoms with Crippen LogP contribution in [0.3, 0.4) is 0 Å². The van der Waals surface area contributed by atoms with Crippen molar-refractivity contribution in [3.05, 3.63) is 54.0 Å². The smallest absolute Gasteiger partial charge is 0.271 e. The first-order valence-corrected chi connectivity index (χ1v) is 9.88. The molecule has 1 aliphatic rings. The molecule has 0 radical (unpaired) electrons. The summed E-state index contributed by atoms with van der Waals surface area (Å²) in [7, 11) is -1.10. The zero-order valence-electron chi connectivity index (χ0n) is 14.4. The third-order valence-corrected chi connectivity index (χ3v) is 6.05. The molecule has 136 valence electrons. The van der Waals surface area contributed by atoms with Crippen molar-refractivity contribution < 1.29 is 9.00 Å². The van der Waals surface area contributed by atoms with Gasteiger partial charge in [0.05, 0.1) is 11.1 Å². The van der Waals surface area contributed by atoms with E-state index in [-0.39, 0.29) is 5.91 Å². The van der Waals surface area contributed by atoms with Gasteiger partial charge in [0.2, 0.25) is 0 Å². The molecule has 0 aliphatic carbocycles. The molecule has 1 unspecified atom stereocenters. The molecule has 1 aromatic carbocycles. The SMILES string of the molecule is O=C(NCc1ccc(S(=O)N2CCCCC2)cc1)c1cn2[nH]ccc2n1. The fourth-order valence-corrected chi connectivity index (χ4v) is 4.35. The first-order chi connectivity index (χ1) is 12.7. The minimum atomic E-state index is -1.10. The maximum atomic E-state index is 12.6. The maximum Gasteiger partial charge on any atom is 0.271 e. The van der Waals surface area contributed by atoms with Crippen LogP contribution in [0, 0.1) is 0 Å². The number of imidazole rings is 1. The lowest BCUT2D eigenvalue weighted by atomic mass is 10.2. The van der Waals surface area contributed by atoms with Crippen LogP contribution in [0.1, 0.15) is 35.3 Å². The minimum absolute atomic E-state index is 0.219. The molecule has 1 aliphatic heterocycles. The van der Waals surface area contributed by atoms with E-state index in [1.54, 1.807) is 23.0 Å². The van der Waals surface area contributed by atoms with Crippen LogP contribution in [0.15, 0.2) is 47.6 Å². The number of rotatable bonds is 5. The predicted molar refractivity (Wildman–Crippen MR) is 99.0 cm³/mol. The highest BCUT2D eigenvalue weighted by molar-refractivity contribution is 7.82. The Labute approximate surface area is 154 Å². The largest absolute Gasteiger partial charge is 0.347 e. The molecule has 4 rings (SSSR count). The van der Waals surface area contributed by atoms with E-state index < -0.39 is 11.0 Å². The van der Waals surface area contributed by atoms with E-state index in [1.807, 2.05) is 28.6 Å². The average molecular weight is 371 g/mol. The van der Waals surface area contributed by atoms with Crippen LogP contribution >= 0.6 is 0 Å². The number of hydrogen-bond donors (Lipinski definition) is 2. The van der Waals surface area contributed by atoms with Crippen molar-refractivity contribution in [1.29, 1.82) is 0 Å². The highest BCUT2D eigenvalue weighted by Gasteiger charge is 2.18. The van der Waals surface area contributed by atoms with E-state index in [0.29, 0.717) is 17.9 Å². The molecule has 2 N–H and O–H groups in total. The summed E-state index contributed by atoms with van der Waals surface area (Å²) in [6.45, 7) is 2.19. The fourth-order valence-electron chi connectivity index (χ4n) is 3.09. The molecule has 3 heterocycles. The molecule has 1 amide bonds. The lowest BCUT2D eigenvalue weighted by molar-refractivity contribution is 0.0946. The Kier molecular flexibility index (Phi) is 4.85. The van der Waals surface area contributed by atoms with Crippen LogP contribution in [-0.2, 0) is 17.5 Å². The molecule has 0 spiro atoms. The average Bonchev–Trinajstić information content (AvgIpc) is 3.29. The van der Waals surface area contributed by atoms with Crippen LogP contribution in [0.25, 0.3) is 5.65 Å². The molecule has 3 aromatic rings. The van der Waals surface area contributed by atoms with Gasteiger partial charge in [0.15, 0.2) is 5.65 Å². The van der Waals surface area contributed by atoms with E-state index in [0.717, 1.165) is 36.4 Å². The van der Waals surface area contributed by atoms with Gasteiger partial charge in [0.1, 0.15) is 16.7 Å². The number of piperidine rings is 1. The quantitative estimate of drug-likeness (QED) is 0.721. The lowest BCUT2D eigenvalue weighted by Crippen LogP contribution is -2.31. The van der Waals surface area contributed by atoms with Crippen molar-refractivity contribution in [2.75, 3.05) is 13.1 Å². The number of nitrogens with zero attached hydrogens (tertiary/aromatic N) is 3. The van der Waals surface area contributed by atoms with Crippen LogP contribution in [0.5, 0.6) is 0 Å². The van der Waals surface area contributed by atoms with Crippen LogP contribution in [0.2, 0.25) is 0 Å². The maximum absolute atomic E-state index is 12.6. The van der Waals surface area contributed by atoms with E-state index in [1.165, 1.54) is 6.42 Å². The van der Waals surface area contributed by atoms with E-state index in [2.05, 4.69) is 15.4 Å². The standard InChI is InChI=1S/C18H21N5O2S/c24-18(16-13-23-17(21-16)8-9-20-23)19-12-14-4-6-15(7-5-14)26(25)22-10-2-1-3-11-22/h4-9,13,20H,1-3,10-12H2,(H,19,24). The first-order valence-electron chi connectivity index (χ1n) is 8.77. The van der Waals surface area contributed by atoms with E-state index >= 15 is 0 Å². The normalized spacial score (nSPS) is 16.6. The van der Waals surface area contributed by atoms with Crippen LogP contribution < -0.4 is 5.32 Å². The van der Waals surface area contributed by atoms with Gasteiger partial charge in [0, 0.05) is 31.9 Å². The van der Waals surface area contributed by atoms with Gasteiger partial charge >= 0.3 is 0 Å². The number of carbonyl (C=O) groups excluding carboxylic acids is 1. The van der Waals surface area contributed by atoms with Crippen molar-refractivity contribution in [1.82, 2.24) is 24.2 Å². The molecule has 2 aromatic heterocycles. The number of aromatic amines is 1. The van der Waals surface area contributed by atoms with Gasteiger partial charge in [-0.2, -0.15) is 0 Å². The van der Waals surface area contributed by atoms with Crippen molar-refractivity contribution in [2.24, 2.45) is 0 Å². The van der Waals surface area contributed by atoms with E-state index in [9.17, 15) is 9.00 Å². The summed E-state index contributed by atoms with van der Waals surface area (Å²) < 4.78 is 16.3. The Balaban J connectivity index is 1.35. The molecule has 26 heavy (non-hydrogen) atoms. The lowest BCUT2D eigenvalue weighted by Gasteiger charge is -2.25. The number of amides is 1. The summed E-state index contributed by atoms with van der Waals surface area (Å²) in [6.07, 6.45) is 6.87. The van der Waals surface area contributed by atoms with Crippen molar-refractivity contribution >= 4 is 22.5 Å². The van der Waals surface area contributed by atoms with Gasteiger partial charge in [-0.3, -0.25) is 4.79 Å². The Morgan fingerprint density at radius 1 is 1.15 bits per heavy atom. The summed E-state index contributed by atoms with van der Waals surface area (Å²) in [6, 6.07) is 9.39. The zero-order chi connectivity index (χ0) is 17.9. The first kappa shape index (κ1) is 17.0. The van der Waals surface area contributed by atoms with Gasteiger partial charge in [-0.05, 0) is 30.5 Å². The predicted octanol–water partition coefficient (Wildman–Crippen LogP) is 2.10. The molecule has 1 saturated heterocycles. The number of aromatic nitrogens is 3. The van der Waals surface area contributed by atoms with Gasteiger partial charge in [-0.15, -0.1) is 0 Å². The summed E-state index contributed by atoms with van der Waals surface area (Å²) in [5, 5.41) is 5.82. The summed E-state index contributed by atoms with van der Waals surface area (Å²) in [5.74, 6) is -0.219. The van der Waals surface area contributed by atoms with Crippen LogP contribution in [-0.4, -0.2) is 42.1 Å². The third-order valence-electron chi connectivity index (χ3n) is 4.54. The number of benzene rings is 1. The van der Waals surface area contributed by atoms with Gasteiger partial charge in [0.25, 0.3) is 5.91 Å². The number of carbonyl (C=O) groups is 1. The topological polar surface area (TPSA) is 82.5 Å². The summed E-state index contributed by atoms with van der Waals surface area (Å²) in [4.78, 5) is 17.3. The molecule has 7 nitrogen and oxygen atoms in total. The van der Waals surface area contributed by atoms with E-state index in [4.69, 9.17) is 0 Å². The van der Waals surface area contributed by atoms with Crippen molar-refractivity contribution in [2.45, 2.75) is 30.7 Å². The van der Waals surface area contributed by atoms with Gasteiger partial charge in [-0.25, -0.2) is 18.0 Å². The number of nitrogens with one attached hydrogen (secondary N) is 2. The molecular weight excluding hydrogens is 350 g/mol. The fraction of sp³-hybridized carbons (Fsp3) is 0.333. The molecule has 1 fully saturated rings. The Hall–Kier alpha value is -2.45. The van der Waals surface area contributed by atoms with Crippen molar-refractivity contribution in [3.8, 4) is 0 Å².